The van der Waals surface area contributed by atoms with E-state index in [2.05, 4.69) is 0 Å². The SMILES string of the molecule is COc1ccc(N2CC(C(=O)N3CCCCC3C(=O)O)CC2=O)cc1. The molecule has 2 atom stereocenters. The minimum Gasteiger partial charge on any atom is -0.497 e. The van der Waals surface area contributed by atoms with Crippen LogP contribution in [-0.4, -0.2) is 54.0 Å². The number of hydrogen-bond acceptors (Lipinski definition) is 4. The molecule has 0 bridgehead atoms. The Hall–Kier alpha value is -2.57. The van der Waals surface area contributed by atoms with E-state index in [1.165, 1.54) is 4.90 Å². The number of carboxylic acid groups (broad SMARTS) is 1. The number of anilines is 1. The lowest BCUT2D eigenvalue weighted by molar-refractivity contribution is -0.153. The van der Waals surface area contributed by atoms with Gasteiger partial charge >= 0.3 is 5.97 Å². The average Bonchev–Trinajstić information content (AvgIpc) is 3.03. The number of carboxylic acids is 1. The van der Waals surface area contributed by atoms with Gasteiger partial charge in [0.05, 0.1) is 13.0 Å². The molecule has 1 N–H and O–H groups in total. The molecule has 0 aliphatic carbocycles. The van der Waals surface area contributed by atoms with Crippen molar-refractivity contribution in [3.8, 4) is 5.75 Å². The standard InChI is InChI=1S/C18H22N2O5/c1-25-14-7-5-13(6-8-14)20-11-12(10-16(20)21)17(22)19-9-3-2-4-15(19)18(23)24/h5-8,12,15H,2-4,9-11H2,1H3,(H,23,24). The van der Waals surface area contributed by atoms with Gasteiger partial charge in [0.2, 0.25) is 11.8 Å². The van der Waals surface area contributed by atoms with Crippen molar-refractivity contribution in [1.82, 2.24) is 4.90 Å². The van der Waals surface area contributed by atoms with Gasteiger partial charge in [0, 0.05) is 25.2 Å². The molecule has 2 amide bonds. The van der Waals surface area contributed by atoms with E-state index in [1.807, 2.05) is 0 Å². The number of amides is 2. The van der Waals surface area contributed by atoms with Gasteiger partial charge in [-0.3, -0.25) is 9.59 Å². The zero-order valence-electron chi connectivity index (χ0n) is 14.2. The number of ether oxygens (including phenoxy) is 1. The van der Waals surface area contributed by atoms with Crippen molar-refractivity contribution in [3.63, 3.8) is 0 Å². The first-order chi connectivity index (χ1) is 12.0. The molecular weight excluding hydrogens is 324 g/mol. The molecule has 2 unspecified atom stereocenters. The van der Waals surface area contributed by atoms with Gasteiger partial charge < -0.3 is 19.6 Å². The molecule has 0 radical (unpaired) electrons. The second kappa shape index (κ2) is 7.13. The first-order valence-electron chi connectivity index (χ1n) is 8.49. The molecule has 3 rings (SSSR count). The lowest BCUT2D eigenvalue weighted by Gasteiger charge is -2.34. The third kappa shape index (κ3) is 3.45. The summed E-state index contributed by atoms with van der Waals surface area (Å²) in [5, 5.41) is 9.35. The van der Waals surface area contributed by atoms with Crippen LogP contribution < -0.4 is 9.64 Å². The summed E-state index contributed by atoms with van der Waals surface area (Å²) in [7, 11) is 1.57. The summed E-state index contributed by atoms with van der Waals surface area (Å²) >= 11 is 0. The molecule has 7 heteroatoms. The maximum Gasteiger partial charge on any atom is 0.326 e. The molecule has 0 spiro atoms. The Morgan fingerprint density at radius 1 is 1.20 bits per heavy atom. The van der Waals surface area contributed by atoms with Gasteiger partial charge in [-0.25, -0.2) is 4.79 Å². The van der Waals surface area contributed by atoms with Crippen molar-refractivity contribution < 1.29 is 24.2 Å². The van der Waals surface area contributed by atoms with Crippen molar-refractivity contribution >= 4 is 23.5 Å². The van der Waals surface area contributed by atoms with E-state index in [4.69, 9.17) is 4.74 Å². The third-order valence-electron chi connectivity index (χ3n) is 4.93. The van der Waals surface area contributed by atoms with E-state index in [0.29, 0.717) is 18.7 Å². The third-order valence-corrected chi connectivity index (χ3v) is 4.93. The molecule has 2 aliphatic heterocycles. The van der Waals surface area contributed by atoms with Crippen LogP contribution in [0.1, 0.15) is 25.7 Å². The van der Waals surface area contributed by atoms with Gasteiger partial charge in [0.1, 0.15) is 11.8 Å². The van der Waals surface area contributed by atoms with Crippen LogP contribution in [0.2, 0.25) is 0 Å². The predicted molar refractivity (Wildman–Crippen MR) is 90.4 cm³/mol. The monoisotopic (exact) mass is 346 g/mol. The molecule has 7 nitrogen and oxygen atoms in total. The van der Waals surface area contributed by atoms with Gasteiger partial charge in [-0.1, -0.05) is 0 Å². The highest BCUT2D eigenvalue weighted by molar-refractivity contribution is 6.00. The number of likely N-dealkylation sites (tertiary alicyclic amines) is 1. The highest BCUT2D eigenvalue weighted by Gasteiger charge is 2.41. The summed E-state index contributed by atoms with van der Waals surface area (Å²) in [6, 6.07) is 6.33. The van der Waals surface area contributed by atoms with Crippen LogP contribution >= 0.6 is 0 Å². The summed E-state index contributed by atoms with van der Waals surface area (Å²) in [6.45, 7) is 0.732. The quantitative estimate of drug-likeness (QED) is 0.893. The van der Waals surface area contributed by atoms with Gasteiger partial charge in [0.25, 0.3) is 0 Å². The van der Waals surface area contributed by atoms with E-state index in [9.17, 15) is 19.5 Å². The number of rotatable bonds is 4. The Labute approximate surface area is 146 Å². The Morgan fingerprint density at radius 3 is 2.56 bits per heavy atom. The van der Waals surface area contributed by atoms with Crippen molar-refractivity contribution in [2.45, 2.75) is 31.7 Å². The summed E-state index contributed by atoms with van der Waals surface area (Å²) in [5.74, 6) is -1.11. The summed E-state index contributed by atoms with van der Waals surface area (Å²) in [5.41, 5.74) is 0.717. The van der Waals surface area contributed by atoms with Crippen molar-refractivity contribution in [2.75, 3.05) is 25.1 Å². The molecule has 2 heterocycles. The molecule has 25 heavy (non-hydrogen) atoms. The topological polar surface area (TPSA) is 87.2 Å². The number of nitrogens with zero attached hydrogens (tertiary/aromatic N) is 2. The van der Waals surface area contributed by atoms with Crippen LogP contribution in [0.5, 0.6) is 5.75 Å². The predicted octanol–water partition coefficient (Wildman–Crippen LogP) is 1.51. The molecule has 1 aromatic rings. The fraction of sp³-hybridized carbons (Fsp3) is 0.500. The number of carbonyl (C=O) groups excluding carboxylic acids is 2. The van der Waals surface area contributed by atoms with Gasteiger partial charge in [0.15, 0.2) is 0 Å². The van der Waals surface area contributed by atoms with E-state index < -0.39 is 17.9 Å². The first kappa shape index (κ1) is 17.3. The minimum absolute atomic E-state index is 0.118. The average molecular weight is 346 g/mol. The highest BCUT2D eigenvalue weighted by Crippen LogP contribution is 2.29. The molecule has 2 saturated heterocycles. The maximum absolute atomic E-state index is 12.8. The normalized spacial score (nSPS) is 23.6. The molecule has 134 valence electrons. The van der Waals surface area contributed by atoms with E-state index >= 15 is 0 Å². The fourth-order valence-corrected chi connectivity index (χ4v) is 3.57. The summed E-state index contributed by atoms with van der Waals surface area (Å²) in [6.07, 6.45) is 2.21. The molecular formula is C18H22N2O5. The Bertz CT molecular complexity index is 673. The first-order valence-corrected chi connectivity index (χ1v) is 8.49. The zero-order chi connectivity index (χ0) is 18.0. The molecule has 0 saturated carbocycles. The van der Waals surface area contributed by atoms with Gasteiger partial charge in [-0.2, -0.15) is 0 Å². The number of aliphatic carboxylic acids is 1. The van der Waals surface area contributed by atoms with Gasteiger partial charge in [-0.05, 0) is 43.5 Å². The van der Waals surface area contributed by atoms with Crippen molar-refractivity contribution in [2.24, 2.45) is 5.92 Å². The second-order valence-electron chi connectivity index (χ2n) is 6.48. The van der Waals surface area contributed by atoms with E-state index in [1.54, 1.807) is 36.3 Å². The number of piperidine rings is 1. The van der Waals surface area contributed by atoms with Crippen LogP contribution in [0.15, 0.2) is 24.3 Å². The molecule has 1 aromatic carbocycles. The fourth-order valence-electron chi connectivity index (χ4n) is 3.57. The van der Waals surface area contributed by atoms with E-state index in [0.717, 1.165) is 18.5 Å². The Balaban J connectivity index is 1.72. The Kier molecular flexibility index (Phi) is 4.92. The molecule has 2 aliphatic rings. The largest absolute Gasteiger partial charge is 0.497 e. The van der Waals surface area contributed by atoms with Crippen LogP contribution in [0.4, 0.5) is 5.69 Å². The smallest absolute Gasteiger partial charge is 0.326 e. The molecule has 0 aromatic heterocycles. The maximum atomic E-state index is 12.8. The van der Waals surface area contributed by atoms with Crippen LogP contribution in [0.3, 0.4) is 0 Å². The highest BCUT2D eigenvalue weighted by atomic mass is 16.5. The van der Waals surface area contributed by atoms with Crippen LogP contribution in [0.25, 0.3) is 0 Å². The summed E-state index contributed by atoms with van der Waals surface area (Å²) in [4.78, 5) is 39.6. The number of methoxy groups -OCH3 is 1. The lowest BCUT2D eigenvalue weighted by Crippen LogP contribution is -2.50. The lowest BCUT2D eigenvalue weighted by atomic mass is 9.98. The second-order valence-corrected chi connectivity index (χ2v) is 6.48. The number of hydrogen-bond donors (Lipinski definition) is 1. The van der Waals surface area contributed by atoms with Crippen LogP contribution in [-0.2, 0) is 14.4 Å². The molecule has 2 fully saturated rings. The van der Waals surface area contributed by atoms with Crippen LogP contribution in [0, 0.1) is 5.92 Å². The van der Waals surface area contributed by atoms with Crippen molar-refractivity contribution in [3.05, 3.63) is 24.3 Å². The van der Waals surface area contributed by atoms with Crippen molar-refractivity contribution in [1.29, 1.82) is 0 Å². The Morgan fingerprint density at radius 2 is 1.92 bits per heavy atom. The van der Waals surface area contributed by atoms with Gasteiger partial charge in [-0.15, -0.1) is 0 Å². The minimum atomic E-state index is -0.968. The van der Waals surface area contributed by atoms with E-state index in [-0.39, 0.29) is 24.8 Å². The zero-order valence-corrected chi connectivity index (χ0v) is 14.2. The number of carbonyl (C=O) groups is 3. The number of benzene rings is 1. The summed E-state index contributed by atoms with van der Waals surface area (Å²) < 4.78 is 5.11.